The molecule has 2 saturated heterocycles. The quantitative estimate of drug-likeness (QED) is 0.498. The highest BCUT2D eigenvalue weighted by Crippen LogP contribution is 2.39. The molecule has 8 heteroatoms. The average molecular weight is 448 g/mol. The van der Waals surface area contributed by atoms with Crippen LogP contribution in [0.4, 0.5) is 10.2 Å². The first kappa shape index (κ1) is 20.6. The maximum Gasteiger partial charge on any atom is 0.175 e. The van der Waals surface area contributed by atoms with E-state index in [9.17, 15) is 0 Å². The van der Waals surface area contributed by atoms with Gasteiger partial charge in [-0.05, 0) is 62.4 Å². The van der Waals surface area contributed by atoms with E-state index in [4.69, 9.17) is 0 Å². The number of piperidine rings is 1. The fourth-order valence-electron chi connectivity index (χ4n) is 5.57. The average Bonchev–Trinajstić information content (AvgIpc) is 3.39. The normalized spacial score (nSPS) is 18.0. The van der Waals surface area contributed by atoms with Crippen LogP contribution >= 0.6 is 0 Å². The van der Waals surface area contributed by atoms with E-state index in [1.165, 1.54) is 19.5 Å². The highest BCUT2D eigenvalue weighted by Gasteiger charge is 2.30. The third-order valence-electron chi connectivity index (χ3n) is 7.40. The van der Waals surface area contributed by atoms with E-state index in [1.54, 1.807) is 17.0 Å². The minimum atomic E-state index is -0.209. The summed E-state index contributed by atoms with van der Waals surface area (Å²) in [6.07, 6.45) is 8.77. The minimum Gasteiger partial charge on any atom is -0.354 e. The van der Waals surface area contributed by atoms with E-state index in [0.29, 0.717) is 17.2 Å². The molecule has 2 aliphatic heterocycles. The Balaban J connectivity index is 1.41. The molecule has 0 spiro atoms. The maximum atomic E-state index is 16.1. The van der Waals surface area contributed by atoms with Crippen molar-refractivity contribution in [3.05, 3.63) is 41.7 Å². The van der Waals surface area contributed by atoms with Crippen LogP contribution in [-0.2, 0) is 0 Å². The highest BCUT2D eigenvalue weighted by molar-refractivity contribution is 5.93. The number of hydrogen-bond donors (Lipinski definition) is 1. The predicted molar refractivity (Wildman–Crippen MR) is 128 cm³/mol. The lowest BCUT2D eigenvalue weighted by Crippen LogP contribution is -2.50. The molecule has 0 atom stereocenters. The van der Waals surface area contributed by atoms with Crippen molar-refractivity contribution in [1.29, 1.82) is 0 Å². The Morgan fingerprint density at radius 1 is 1.12 bits per heavy atom. The molecule has 7 nitrogen and oxygen atoms in total. The van der Waals surface area contributed by atoms with E-state index >= 15 is 4.39 Å². The van der Waals surface area contributed by atoms with Gasteiger partial charge in [-0.15, -0.1) is 0 Å². The van der Waals surface area contributed by atoms with Crippen molar-refractivity contribution >= 4 is 22.4 Å². The molecule has 4 aromatic rings. The number of fused-ring (bicyclic) bond motifs is 2. The lowest BCUT2D eigenvalue weighted by molar-refractivity contribution is 0.0999. The van der Waals surface area contributed by atoms with Crippen LogP contribution in [0.5, 0.6) is 0 Å². The number of hydrogen-bond acceptors (Lipinski definition) is 5. The fourth-order valence-corrected chi connectivity index (χ4v) is 5.57. The molecule has 2 fully saturated rings. The van der Waals surface area contributed by atoms with Gasteiger partial charge in [0, 0.05) is 36.3 Å². The van der Waals surface area contributed by atoms with Crippen LogP contribution in [0.2, 0.25) is 0 Å². The first-order chi connectivity index (χ1) is 16.0. The summed E-state index contributed by atoms with van der Waals surface area (Å²) < 4.78 is 17.8. The van der Waals surface area contributed by atoms with Gasteiger partial charge in [-0.2, -0.15) is 5.10 Å². The molecule has 0 amide bonds. The van der Waals surface area contributed by atoms with Crippen molar-refractivity contribution in [2.24, 2.45) is 0 Å². The van der Waals surface area contributed by atoms with E-state index in [-0.39, 0.29) is 11.7 Å². The highest BCUT2D eigenvalue weighted by atomic mass is 19.1. The lowest BCUT2D eigenvalue weighted by atomic mass is 9.96. The Morgan fingerprint density at radius 3 is 2.61 bits per heavy atom. The van der Waals surface area contributed by atoms with Gasteiger partial charge < -0.3 is 14.8 Å². The second-order valence-corrected chi connectivity index (χ2v) is 9.80. The van der Waals surface area contributed by atoms with Gasteiger partial charge in [-0.3, -0.25) is 0 Å². The molecular formula is C25H30FN7. The molecule has 0 aromatic carbocycles. The van der Waals surface area contributed by atoms with Crippen LogP contribution in [0.15, 0.2) is 24.8 Å². The van der Waals surface area contributed by atoms with Gasteiger partial charge in [0.1, 0.15) is 6.33 Å². The summed E-state index contributed by atoms with van der Waals surface area (Å²) in [5, 5.41) is 4.97. The second-order valence-electron chi connectivity index (χ2n) is 9.80. The van der Waals surface area contributed by atoms with E-state index < -0.39 is 0 Å². The number of halogens is 1. The zero-order valence-electron chi connectivity index (χ0n) is 19.5. The largest absolute Gasteiger partial charge is 0.354 e. The number of aromatic nitrogens is 5. The molecule has 0 unspecified atom stereocenters. The number of H-pyrrole nitrogens is 1. The van der Waals surface area contributed by atoms with Gasteiger partial charge in [0.25, 0.3) is 0 Å². The molecule has 6 rings (SSSR count). The van der Waals surface area contributed by atoms with Crippen molar-refractivity contribution < 1.29 is 4.39 Å². The van der Waals surface area contributed by atoms with Gasteiger partial charge in [0.15, 0.2) is 17.3 Å². The molecule has 172 valence electrons. The molecule has 0 bridgehead atoms. The number of anilines is 1. The third-order valence-corrected chi connectivity index (χ3v) is 7.40. The Morgan fingerprint density at radius 2 is 1.91 bits per heavy atom. The van der Waals surface area contributed by atoms with Crippen molar-refractivity contribution in [3.8, 4) is 11.3 Å². The predicted octanol–water partition coefficient (Wildman–Crippen LogP) is 4.52. The van der Waals surface area contributed by atoms with Crippen LogP contribution < -0.4 is 4.90 Å². The number of aromatic amines is 1. The van der Waals surface area contributed by atoms with E-state index in [1.807, 2.05) is 13.1 Å². The molecule has 4 aromatic heterocycles. The number of nitrogens with zero attached hydrogens (tertiary/aromatic N) is 6. The molecular weight excluding hydrogens is 417 g/mol. The van der Waals surface area contributed by atoms with Crippen LogP contribution in [0.1, 0.15) is 50.2 Å². The van der Waals surface area contributed by atoms with Gasteiger partial charge in [0.2, 0.25) is 0 Å². The smallest absolute Gasteiger partial charge is 0.175 e. The second kappa shape index (κ2) is 7.80. The maximum absolute atomic E-state index is 16.1. The minimum absolute atomic E-state index is 0.141. The van der Waals surface area contributed by atoms with Gasteiger partial charge in [0.05, 0.1) is 17.4 Å². The monoisotopic (exact) mass is 447 g/mol. The van der Waals surface area contributed by atoms with Crippen LogP contribution in [0, 0.1) is 12.7 Å². The lowest BCUT2D eigenvalue weighted by Gasteiger charge is -2.43. The Kier molecular flexibility index (Phi) is 4.87. The SMILES string of the molecule is Cc1cc(-c2[nH]c3cnc(N4CCC(N5CCC5)CC4)c(F)c3c2C(C)C)cn2ncnc12. The number of pyridine rings is 2. The Labute approximate surface area is 192 Å². The van der Waals surface area contributed by atoms with E-state index in [2.05, 4.69) is 49.8 Å². The number of nitrogens with one attached hydrogen (secondary N) is 1. The number of aryl methyl sites for hydroxylation is 1. The van der Waals surface area contributed by atoms with Gasteiger partial charge in [-0.25, -0.2) is 18.9 Å². The van der Waals surface area contributed by atoms with Crippen molar-refractivity contribution in [2.75, 3.05) is 31.1 Å². The van der Waals surface area contributed by atoms with Crippen LogP contribution in [-0.4, -0.2) is 61.7 Å². The molecule has 33 heavy (non-hydrogen) atoms. The zero-order chi connectivity index (χ0) is 22.7. The summed E-state index contributed by atoms with van der Waals surface area (Å²) in [6, 6.07) is 2.73. The molecule has 0 radical (unpaired) electrons. The standard InChI is InChI=1S/C25H30FN7/c1-15(2)20-21-19(30-23(20)17-11-16(3)24-28-14-29-33(24)13-17)12-27-25(22(21)26)32-9-5-18(6-10-32)31-7-4-8-31/h11-15,18,30H,4-10H2,1-3H3. The molecule has 0 saturated carbocycles. The number of rotatable bonds is 4. The first-order valence-corrected chi connectivity index (χ1v) is 12.0. The molecule has 6 heterocycles. The van der Waals surface area contributed by atoms with Gasteiger partial charge >= 0.3 is 0 Å². The van der Waals surface area contributed by atoms with Crippen LogP contribution in [0.3, 0.4) is 0 Å². The fraction of sp³-hybridized carbons (Fsp3) is 0.480. The third kappa shape index (κ3) is 3.30. The molecule has 2 aliphatic rings. The summed E-state index contributed by atoms with van der Waals surface area (Å²) in [5.74, 6) is 0.418. The number of likely N-dealkylation sites (tertiary alicyclic amines) is 1. The van der Waals surface area contributed by atoms with Crippen molar-refractivity contribution in [1.82, 2.24) is 29.5 Å². The van der Waals surface area contributed by atoms with Crippen molar-refractivity contribution in [3.63, 3.8) is 0 Å². The Bertz CT molecular complexity index is 1330. The van der Waals surface area contributed by atoms with Crippen molar-refractivity contribution in [2.45, 2.75) is 52.0 Å². The summed E-state index contributed by atoms with van der Waals surface area (Å²) in [5.41, 5.74) is 5.49. The van der Waals surface area contributed by atoms with E-state index in [0.717, 1.165) is 59.5 Å². The summed E-state index contributed by atoms with van der Waals surface area (Å²) >= 11 is 0. The molecule has 1 N–H and O–H groups in total. The summed E-state index contributed by atoms with van der Waals surface area (Å²) in [4.78, 5) is 17.1. The Hall–Kier alpha value is -3.00. The van der Waals surface area contributed by atoms with Gasteiger partial charge in [-0.1, -0.05) is 13.8 Å². The molecule has 0 aliphatic carbocycles. The topological polar surface area (TPSA) is 65.4 Å². The summed E-state index contributed by atoms with van der Waals surface area (Å²) in [6.45, 7) is 10.4. The summed E-state index contributed by atoms with van der Waals surface area (Å²) in [7, 11) is 0. The first-order valence-electron chi connectivity index (χ1n) is 12.0. The zero-order valence-corrected chi connectivity index (χ0v) is 19.5. The van der Waals surface area contributed by atoms with Crippen LogP contribution in [0.25, 0.3) is 27.8 Å².